The molecule has 0 spiro atoms. The average Bonchev–Trinajstić information content (AvgIpc) is 2.79. The number of nitrogens with zero attached hydrogens (tertiary/aromatic N) is 2. The van der Waals surface area contributed by atoms with Crippen molar-refractivity contribution in [3.8, 4) is 0 Å². The zero-order chi connectivity index (χ0) is 14.6. The summed E-state index contributed by atoms with van der Waals surface area (Å²) in [5, 5.41) is 2.80. The Kier molecular flexibility index (Phi) is 4.59. The van der Waals surface area contributed by atoms with Crippen LogP contribution >= 0.6 is 0 Å². The van der Waals surface area contributed by atoms with Crippen molar-refractivity contribution in [3.63, 3.8) is 0 Å². The first kappa shape index (κ1) is 14.8. The number of carbonyl (C=O) groups is 1. The lowest BCUT2D eigenvalue weighted by Gasteiger charge is -2.23. The zero-order valence-corrected chi connectivity index (χ0v) is 12.3. The maximum Gasteiger partial charge on any atom is 0.317 e. The molecule has 1 aliphatic heterocycles. The number of carbonyl (C=O) groups excluding carboxylic acids is 1. The van der Waals surface area contributed by atoms with E-state index in [1.807, 2.05) is 12.1 Å². The minimum absolute atomic E-state index is 0.0690. The Bertz CT molecular complexity index is 559. The predicted octanol–water partition coefficient (Wildman–Crippen LogP) is 0.453. The molecule has 0 aromatic carbocycles. The van der Waals surface area contributed by atoms with Crippen LogP contribution < -0.4 is 5.32 Å². The minimum atomic E-state index is -2.97. The number of urea groups is 1. The van der Waals surface area contributed by atoms with Crippen LogP contribution in [0.15, 0.2) is 24.5 Å². The monoisotopic (exact) mass is 297 g/mol. The van der Waals surface area contributed by atoms with E-state index in [1.54, 1.807) is 19.4 Å². The highest BCUT2D eigenvalue weighted by atomic mass is 32.2. The Hall–Kier alpha value is -1.63. The summed E-state index contributed by atoms with van der Waals surface area (Å²) in [4.78, 5) is 17.4. The van der Waals surface area contributed by atoms with Crippen LogP contribution in [-0.4, -0.2) is 55.5 Å². The van der Waals surface area contributed by atoms with Crippen molar-refractivity contribution in [2.75, 3.05) is 25.1 Å². The van der Waals surface area contributed by atoms with E-state index in [9.17, 15) is 13.2 Å². The minimum Gasteiger partial charge on any atom is -0.338 e. The molecule has 2 rings (SSSR count). The van der Waals surface area contributed by atoms with Crippen LogP contribution in [0.4, 0.5) is 4.79 Å². The number of pyridine rings is 1. The maximum absolute atomic E-state index is 11.9. The number of nitrogens with one attached hydrogen (secondary N) is 1. The molecular weight excluding hydrogens is 278 g/mol. The fourth-order valence-corrected chi connectivity index (χ4v) is 4.01. The summed E-state index contributed by atoms with van der Waals surface area (Å²) in [6.45, 7) is 0.508. The Morgan fingerprint density at radius 3 is 2.95 bits per heavy atom. The zero-order valence-electron chi connectivity index (χ0n) is 11.4. The normalized spacial score (nSPS) is 20.6. The third kappa shape index (κ3) is 3.93. The van der Waals surface area contributed by atoms with E-state index in [0.29, 0.717) is 19.4 Å². The molecule has 1 aromatic heterocycles. The van der Waals surface area contributed by atoms with Crippen LogP contribution in [0, 0.1) is 0 Å². The third-order valence-corrected chi connectivity index (χ3v) is 5.24. The highest BCUT2D eigenvalue weighted by Gasteiger charge is 2.32. The molecule has 7 heteroatoms. The van der Waals surface area contributed by atoms with Gasteiger partial charge in [0.2, 0.25) is 0 Å². The number of rotatable bonds is 4. The fourth-order valence-electron chi connectivity index (χ4n) is 2.23. The van der Waals surface area contributed by atoms with Crippen LogP contribution in [0.1, 0.15) is 12.0 Å². The SMILES string of the molecule is CN(C(=O)NCCc1cccnc1)C1CCS(=O)(=O)C1. The first-order valence-electron chi connectivity index (χ1n) is 6.58. The molecule has 2 heterocycles. The Balaban J connectivity index is 1.77. The average molecular weight is 297 g/mol. The van der Waals surface area contributed by atoms with Crippen molar-refractivity contribution < 1.29 is 13.2 Å². The van der Waals surface area contributed by atoms with Gasteiger partial charge in [-0.1, -0.05) is 6.07 Å². The van der Waals surface area contributed by atoms with Gasteiger partial charge in [0.25, 0.3) is 0 Å². The first-order chi connectivity index (χ1) is 9.48. The second-order valence-corrected chi connectivity index (χ2v) is 7.24. The first-order valence-corrected chi connectivity index (χ1v) is 8.40. The maximum atomic E-state index is 11.9. The van der Waals surface area contributed by atoms with Gasteiger partial charge in [-0.3, -0.25) is 4.98 Å². The second kappa shape index (κ2) is 6.21. The molecule has 1 saturated heterocycles. The predicted molar refractivity (Wildman–Crippen MR) is 76.2 cm³/mol. The van der Waals surface area contributed by atoms with Crippen LogP contribution in [0.5, 0.6) is 0 Å². The Morgan fingerprint density at radius 2 is 2.35 bits per heavy atom. The van der Waals surface area contributed by atoms with E-state index < -0.39 is 9.84 Å². The van der Waals surface area contributed by atoms with Gasteiger partial charge in [0, 0.05) is 32.0 Å². The summed E-state index contributed by atoms with van der Waals surface area (Å²) in [6.07, 6.45) is 4.70. The van der Waals surface area contributed by atoms with E-state index in [2.05, 4.69) is 10.3 Å². The molecule has 0 radical (unpaired) electrons. The molecule has 1 unspecified atom stereocenters. The second-order valence-electron chi connectivity index (χ2n) is 5.01. The molecule has 1 aliphatic rings. The highest BCUT2D eigenvalue weighted by Crippen LogP contribution is 2.16. The van der Waals surface area contributed by atoms with E-state index in [4.69, 9.17) is 0 Å². The molecule has 0 saturated carbocycles. The lowest BCUT2D eigenvalue weighted by molar-refractivity contribution is 0.195. The molecule has 2 amide bonds. The molecule has 20 heavy (non-hydrogen) atoms. The summed E-state index contributed by atoms with van der Waals surface area (Å²) in [5.74, 6) is 0.241. The number of hydrogen-bond donors (Lipinski definition) is 1. The molecule has 0 aliphatic carbocycles. The van der Waals surface area contributed by atoms with Gasteiger partial charge < -0.3 is 10.2 Å². The molecule has 1 fully saturated rings. The summed E-state index contributed by atoms with van der Waals surface area (Å²) in [7, 11) is -1.32. The van der Waals surface area contributed by atoms with Gasteiger partial charge in [-0.2, -0.15) is 0 Å². The Morgan fingerprint density at radius 1 is 1.55 bits per heavy atom. The topological polar surface area (TPSA) is 79.4 Å². The van der Waals surface area contributed by atoms with E-state index in [-0.39, 0.29) is 23.6 Å². The fraction of sp³-hybridized carbons (Fsp3) is 0.538. The number of hydrogen-bond acceptors (Lipinski definition) is 4. The van der Waals surface area contributed by atoms with E-state index in [1.165, 1.54) is 4.90 Å². The van der Waals surface area contributed by atoms with Crippen LogP contribution in [0.2, 0.25) is 0 Å². The van der Waals surface area contributed by atoms with Gasteiger partial charge in [0.15, 0.2) is 9.84 Å². The Labute approximate surface area is 119 Å². The number of aromatic nitrogens is 1. The lowest BCUT2D eigenvalue weighted by Crippen LogP contribution is -2.44. The van der Waals surface area contributed by atoms with Gasteiger partial charge in [0.05, 0.1) is 11.5 Å². The van der Waals surface area contributed by atoms with Gasteiger partial charge in [-0.05, 0) is 24.5 Å². The van der Waals surface area contributed by atoms with Crippen molar-refractivity contribution in [3.05, 3.63) is 30.1 Å². The van der Waals surface area contributed by atoms with Crippen molar-refractivity contribution in [1.29, 1.82) is 0 Å². The molecule has 110 valence electrons. The molecule has 0 bridgehead atoms. The highest BCUT2D eigenvalue weighted by molar-refractivity contribution is 7.91. The van der Waals surface area contributed by atoms with E-state index in [0.717, 1.165) is 5.56 Å². The standard InChI is InChI=1S/C13H19N3O3S/c1-16(12-5-8-20(18,19)10-12)13(17)15-7-4-11-3-2-6-14-9-11/h2-3,6,9,12H,4-5,7-8,10H2,1H3,(H,15,17). The summed E-state index contributed by atoms with van der Waals surface area (Å²) in [6, 6.07) is 3.37. The number of amides is 2. The van der Waals surface area contributed by atoms with Gasteiger partial charge in [0.1, 0.15) is 0 Å². The van der Waals surface area contributed by atoms with E-state index >= 15 is 0 Å². The summed E-state index contributed by atoms with van der Waals surface area (Å²) < 4.78 is 22.8. The molecule has 6 nitrogen and oxygen atoms in total. The lowest BCUT2D eigenvalue weighted by atomic mass is 10.2. The molecule has 1 aromatic rings. The van der Waals surface area contributed by atoms with Crippen LogP contribution in [0.3, 0.4) is 0 Å². The molecule has 1 N–H and O–H groups in total. The summed E-state index contributed by atoms with van der Waals surface area (Å²) in [5.41, 5.74) is 1.05. The van der Waals surface area contributed by atoms with Crippen molar-refractivity contribution >= 4 is 15.9 Å². The van der Waals surface area contributed by atoms with Crippen LogP contribution in [-0.2, 0) is 16.3 Å². The quantitative estimate of drug-likeness (QED) is 0.875. The third-order valence-electron chi connectivity index (χ3n) is 3.49. The van der Waals surface area contributed by atoms with Gasteiger partial charge in [-0.15, -0.1) is 0 Å². The van der Waals surface area contributed by atoms with Crippen LogP contribution in [0.25, 0.3) is 0 Å². The largest absolute Gasteiger partial charge is 0.338 e. The summed E-state index contributed by atoms with van der Waals surface area (Å²) >= 11 is 0. The van der Waals surface area contributed by atoms with Crippen molar-refractivity contribution in [2.45, 2.75) is 18.9 Å². The van der Waals surface area contributed by atoms with Gasteiger partial charge in [-0.25, -0.2) is 13.2 Å². The number of sulfone groups is 1. The van der Waals surface area contributed by atoms with Crippen molar-refractivity contribution in [1.82, 2.24) is 15.2 Å². The smallest absolute Gasteiger partial charge is 0.317 e. The van der Waals surface area contributed by atoms with Gasteiger partial charge >= 0.3 is 6.03 Å². The van der Waals surface area contributed by atoms with Crippen molar-refractivity contribution in [2.24, 2.45) is 0 Å². The molecular formula is C13H19N3O3S. The molecule has 1 atom stereocenters.